The van der Waals surface area contributed by atoms with Crippen molar-refractivity contribution in [2.45, 2.75) is 39.2 Å². The number of carboxylic acid groups (broad SMARTS) is 1. The number of hydrogen-bond donors (Lipinski definition) is 2. The van der Waals surface area contributed by atoms with E-state index in [1.807, 2.05) is 20.8 Å². The number of aromatic nitrogens is 2. The van der Waals surface area contributed by atoms with Crippen molar-refractivity contribution in [2.24, 2.45) is 0 Å². The zero-order valence-electron chi connectivity index (χ0n) is 11.4. The molecule has 5 nitrogen and oxygen atoms in total. The predicted molar refractivity (Wildman–Crippen MR) is 73.7 cm³/mol. The van der Waals surface area contributed by atoms with Gasteiger partial charge in [0.1, 0.15) is 0 Å². The zero-order valence-corrected chi connectivity index (χ0v) is 11.4. The summed E-state index contributed by atoms with van der Waals surface area (Å²) in [6.07, 6.45) is 1.72. The van der Waals surface area contributed by atoms with E-state index < -0.39 is 11.5 Å². The topological polar surface area (TPSA) is 75.1 Å². The summed E-state index contributed by atoms with van der Waals surface area (Å²) in [7, 11) is 0. The van der Waals surface area contributed by atoms with Crippen LogP contribution in [0.4, 0.5) is 0 Å². The first-order chi connectivity index (χ1) is 8.88. The number of benzene rings is 1. The third kappa shape index (κ3) is 2.16. The second-order valence-corrected chi connectivity index (χ2v) is 5.33. The number of nitrogens with zero attached hydrogens (tertiary/aromatic N) is 1. The van der Waals surface area contributed by atoms with Crippen LogP contribution in [0.25, 0.3) is 11.0 Å². The van der Waals surface area contributed by atoms with Crippen LogP contribution in [0.2, 0.25) is 0 Å². The van der Waals surface area contributed by atoms with Crippen LogP contribution in [0, 0.1) is 0 Å². The van der Waals surface area contributed by atoms with Crippen LogP contribution in [0.5, 0.6) is 0 Å². The van der Waals surface area contributed by atoms with Crippen molar-refractivity contribution in [2.75, 3.05) is 0 Å². The highest BCUT2D eigenvalue weighted by molar-refractivity contribution is 6.01. The normalized spacial score (nSPS) is 11.9. The number of carboxylic acids is 1. The van der Waals surface area contributed by atoms with Crippen molar-refractivity contribution in [3.8, 4) is 0 Å². The van der Waals surface area contributed by atoms with Gasteiger partial charge in [-0.05, 0) is 32.4 Å². The van der Waals surface area contributed by atoms with E-state index in [9.17, 15) is 14.7 Å². The molecule has 0 aliphatic rings. The van der Waals surface area contributed by atoms with Gasteiger partial charge in [0.2, 0.25) is 0 Å². The van der Waals surface area contributed by atoms with Gasteiger partial charge in [0.05, 0.1) is 16.6 Å². The second-order valence-electron chi connectivity index (χ2n) is 5.33. The van der Waals surface area contributed by atoms with Crippen LogP contribution in [-0.2, 0) is 5.54 Å². The lowest BCUT2D eigenvalue weighted by atomic mass is 9.98. The van der Waals surface area contributed by atoms with Gasteiger partial charge in [-0.2, -0.15) is 0 Å². The van der Waals surface area contributed by atoms with Crippen LogP contribution in [0.1, 0.15) is 44.0 Å². The predicted octanol–water partition coefficient (Wildman–Crippen LogP) is 2.56. The summed E-state index contributed by atoms with van der Waals surface area (Å²) in [5.41, 5.74) is 0.505. The number of rotatable bonds is 4. The number of hydrogen-bond acceptors (Lipinski definition) is 2. The van der Waals surface area contributed by atoms with Crippen molar-refractivity contribution < 1.29 is 9.90 Å². The van der Waals surface area contributed by atoms with Crippen LogP contribution < -0.4 is 5.69 Å². The van der Waals surface area contributed by atoms with Crippen molar-refractivity contribution in [3.63, 3.8) is 0 Å². The maximum absolute atomic E-state index is 12.1. The molecule has 0 fully saturated rings. The van der Waals surface area contributed by atoms with Gasteiger partial charge in [0.15, 0.2) is 0 Å². The summed E-state index contributed by atoms with van der Waals surface area (Å²) in [6.45, 7) is 5.94. The molecule has 5 heteroatoms. The smallest absolute Gasteiger partial charge is 0.337 e. The molecule has 0 amide bonds. The highest BCUT2D eigenvalue weighted by Crippen LogP contribution is 2.26. The molecule has 0 saturated heterocycles. The molecule has 1 aromatic carbocycles. The molecular weight excluding hydrogens is 244 g/mol. The van der Waals surface area contributed by atoms with E-state index in [4.69, 9.17) is 0 Å². The quantitative estimate of drug-likeness (QED) is 0.889. The molecule has 0 aliphatic carbocycles. The fraction of sp³-hybridized carbons (Fsp3) is 0.429. The van der Waals surface area contributed by atoms with Crippen molar-refractivity contribution in [3.05, 3.63) is 34.2 Å². The Morgan fingerprint density at radius 2 is 2.11 bits per heavy atom. The Balaban J connectivity index is 2.84. The zero-order chi connectivity index (χ0) is 14.2. The molecule has 0 bridgehead atoms. The molecule has 2 N–H and O–H groups in total. The maximum Gasteiger partial charge on any atom is 0.337 e. The van der Waals surface area contributed by atoms with Crippen LogP contribution >= 0.6 is 0 Å². The van der Waals surface area contributed by atoms with Crippen LogP contribution in [-0.4, -0.2) is 20.6 Å². The first-order valence-electron chi connectivity index (χ1n) is 6.36. The standard InChI is InChI=1S/C14H18N2O3/c1-4-8-14(2,3)16-11-9(12(17)18)6-5-7-10(11)15-13(16)19/h5-7H,4,8H2,1-3H3,(H,15,19)(H,17,18). The van der Waals surface area contributed by atoms with E-state index in [0.717, 1.165) is 12.8 Å². The molecule has 0 spiro atoms. The van der Waals surface area contributed by atoms with Gasteiger partial charge >= 0.3 is 11.7 Å². The Bertz CT molecular complexity index is 680. The minimum absolute atomic E-state index is 0.153. The van der Waals surface area contributed by atoms with Crippen molar-refractivity contribution in [1.82, 2.24) is 9.55 Å². The number of fused-ring (bicyclic) bond motifs is 1. The Morgan fingerprint density at radius 1 is 1.42 bits per heavy atom. The maximum atomic E-state index is 12.1. The van der Waals surface area contributed by atoms with E-state index in [1.165, 1.54) is 6.07 Å². The summed E-state index contributed by atoms with van der Waals surface area (Å²) < 4.78 is 1.56. The Labute approximate surface area is 110 Å². The second kappa shape index (κ2) is 4.57. The van der Waals surface area contributed by atoms with Crippen LogP contribution in [0.3, 0.4) is 0 Å². The molecule has 2 rings (SSSR count). The van der Waals surface area contributed by atoms with Gasteiger partial charge in [-0.3, -0.25) is 4.57 Å². The Hall–Kier alpha value is -2.04. The Kier molecular flexibility index (Phi) is 3.22. The van der Waals surface area contributed by atoms with E-state index in [1.54, 1.807) is 16.7 Å². The van der Waals surface area contributed by atoms with Gasteiger partial charge in [-0.15, -0.1) is 0 Å². The summed E-state index contributed by atoms with van der Waals surface area (Å²) in [5, 5.41) is 9.28. The molecule has 0 aliphatic heterocycles. The molecule has 1 aromatic heterocycles. The van der Waals surface area contributed by atoms with Gasteiger partial charge < -0.3 is 10.1 Å². The lowest BCUT2D eigenvalue weighted by Gasteiger charge is -2.26. The van der Waals surface area contributed by atoms with E-state index in [0.29, 0.717) is 11.0 Å². The lowest BCUT2D eigenvalue weighted by Crippen LogP contribution is -2.35. The van der Waals surface area contributed by atoms with Gasteiger partial charge in [-0.25, -0.2) is 9.59 Å². The van der Waals surface area contributed by atoms with Crippen LogP contribution in [0.15, 0.2) is 23.0 Å². The van der Waals surface area contributed by atoms with Gasteiger partial charge in [-0.1, -0.05) is 19.4 Å². The number of H-pyrrole nitrogens is 1. The minimum atomic E-state index is -1.02. The number of aromatic carboxylic acids is 1. The van der Waals surface area contributed by atoms with E-state index >= 15 is 0 Å². The van der Waals surface area contributed by atoms with Crippen molar-refractivity contribution >= 4 is 17.0 Å². The largest absolute Gasteiger partial charge is 0.478 e. The molecule has 1 heterocycles. The summed E-state index contributed by atoms with van der Waals surface area (Å²) in [4.78, 5) is 26.2. The molecule has 102 valence electrons. The first kappa shape index (κ1) is 13.4. The highest BCUT2D eigenvalue weighted by Gasteiger charge is 2.26. The summed E-state index contributed by atoms with van der Waals surface area (Å²) in [6, 6.07) is 4.89. The van der Waals surface area contributed by atoms with Gasteiger partial charge in [0, 0.05) is 5.54 Å². The Morgan fingerprint density at radius 3 is 2.68 bits per heavy atom. The SMILES string of the molecule is CCCC(C)(C)n1c(=O)[nH]c2cccc(C(=O)O)c21. The average molecular weight is 262 g/mol. The summed E-state index contributed by atoms with van der Waals surface area (Å²) >= 11 is 0. The third-order valence-electron chi connectivity index (χ3n) is 3.40. The molecule has 2 aromatic rings. The lowest BCUT2D eigenvalue weighted by molar-refractivity contribution is 0.0698. The molecule has 0 unspecified atom stereocenters. The van der Waals surface area contributed by atoms with Crippen molar-refractivity contribution in [1.29, 1.82) is 0 Å². The van der Waals surface area contributed by atoms with E-state index in [-0.39, 0.29) is 11.3 Å². The van der Waals surface area contributed by atoms with E-state index in [2.05, 4.69) is 4.98 Å². The number of para-hydroxylation sites is 1. The monoisotopic (exact) mass is 262 g/mol. The fourth-order valence-corrected chi connectivity index (χ4v) is 2.63. The molecule has 19 heavy (non-hydrogen) atoms. The summed E-state index contributed by atoms with van der Waals surface area (Å²) in [5.74, 6) is -1.02. The molecule has 0 atom stereocenters. The third-order valence-corrected chi connectivity index (χ3v) is 3.40. The minimum Gasteiger partial charge on any atom is -0.478 e. The molecule has 0 radical (unpaired) electrons. The molecule has 0 saturated carbocycles. The average Bonchev–Trinajstić information content (AvgIpc) is 2.64. The molecular formula is C14H18N2O3. The first-order valence-corrected chi connectivity index (χ1v) is 6.36. The number of nitrogens with one attached hydrogen (secondary N) is 1. The highest BCUT2D eigenvalue weighted by atomic mass is 16.4. The number of carbonyl (C=O) groups is 1. The van der Waals surface area contributed by atoms with Gasteiger partial charge in [0.25, 0.3) is 0 Å². The number of imidazole rings is 1. The fourth-order valence-electron chi connectivity index (χ4n) is 2.63. The number of aromatic amines is 1.